The number of Topliss-reactive ketones (excluding diaryl/α,β-unsaturated/α-hetero) is 4. The van der Waals surface area contributed by atoms with Crippen molar-refractivity contribution in [3.63, 3.8) is 0 Å². The van der Waals surface area contributed by atoms with Gasteiger partial charge in [0.15, 0.2) is 6.29 Å². The maximum absolute atomic E-state index is 12.4. The van der Waals surface area contributed by atoms with Crippen molar-refractivity contribution in [2.45, 2.75) is 179 Å². The van der Waals surface area contributed by atoms with Gasteiger partial charge in [0.2, 0.25) is 0 Å². The SMILES string of the molecule is CC1C(OCCCCC(=O)CCCCCC(=O)CCOCCC(=O)CCCCCCCCCCC(=O)C2C[C@H](O)C[C@H]2CO)OC(CO)C(O)C1O. The predicted octanol–water partition coefficient (Wildman–Crippen LogP) is 4.55. The van der Waals surface area contributed by atoms with Gasteiger partial charge in [-0.2, -0.15) is 0 Å². The second-order valence-electron chi connectivity index (χ2n) is 15.2. The number of carbonyl (C=O) groups is 4. The molecule has 8 atom stereocenters. The first-order valence-electron chi connectivity index (χ1n) is 20.3. The van der Waals surface area contributed by atoms with Gasteiger partial charge in [0.25, 0.3) is 0 Å². The number of hydrogen-bond donors (Lipinski definition) is 5. The molecule has 1 saturated carbocycles. The highest BCUT2D eigenvalue weighted by atomic mass is 16.7. The third-order valence-corrected chi connectivity index (χ3v) is 10.7. The van der Waals surface area contributed by atoms with Crippen LogP contribution >= 0.6 is 0 Å². The second-order valence-corrected chi connectivity index (χ2v) is 15.2. The number of carbonyl (C=O) groups excluding carboxylic acids is 4. The molecule has 0 spiro atoms. The number of aliphatic hydroxyl groups excluding tert-OH is 5. The van der Waals surface area contributed by atoms with Gasteiger partial charge in [0, 0.05) is 70.0 Å². The van der Waals surface area contributed by atoms with Gasteiger partial charge in [-0.1, -0.05) is 51.9 Å². The summed E-state index contributed by atoms with van der Waals surface area (Å²) in [7, 11) is 0. The van der Waals surface area contributed by atoms with Gasteiger partial charge in [-0.05, 0) is 57.3 Å². The van der Waals surface area contributed by atoms with Crippen LogP contribution in [0.15, 0.2) is 0 Å². The van der Waals surface area contributed by atoms with E-state index in [1.54, 1.807) is 6.92 Å². The fourth-order valence-electron chi connectivity index (χ4n) is 7.26. The highest BCUT2D eigenvalue weighted by molar-refractivity contribution is 5.81. The Morgan fingerprint density at radius 2 is 1.06 bits per heavy atom. The molecule has 1 saturated heterocycles. The van der Waals surface area contributed by atoms with Gasteiger partial charge in [0.1, 0.15) is 35.3 Å². The molecule has 12 nitrogen and oxygen atoms in total. The normalized spacial score (nSPS) is 26.1. The van der Waals surface area contributed by atoms with Crippen molar-refractivity contribution in [3.8, 4) is 0 Å². The number of rotatable bonds is 32. The van der Waals surface area contributed by atoms with Crippen molar-refractivity contribution < 1.29 is 58.9 Å². The first-order valence-corrected chi connectivity index (χ1v) is 20.3. The van der Waals surface area contributed by atoms with Crippen LogP contribution in [0.25, 0.3) is 0 Å². The van der Waals surface area contributed by atoms with Crippen LogP contribution in [0.4, 0.5) is 0 Å². The standard InChI is InChI=1S/C40H70O12/c1-29-38(48)39(49)37(28-42)52-40(29)51-22-14-13-18-31(43)15-10-8-11-17-33(45)21-24-50-23-20-32(44)16-9-6-4-2-3-5-7-12-19-36(47)35-26-34(46)25-30(35)27-41/h29-30,34-35,37-42,46,48-49H,2-28H2,1H3/t29?,30-,34+,35?,37?,38?,39?,40?/m0/s1. The molecule has 1 aliphatic carbocycles. The minimum absolute atomic E-state index is 0.0256. The molecule has 2 rings (SSSR count). The summed E-state index contributed by atoms with van der Waals surface area (Å²) >= 11 is 0. The van der Waals surface area contributed by atoms with Gasteiger partial charge in [-0.15, -0.1) is 0 Å². The molecule has 1 aliphatic heterocycles. The van der Waals surface area contributed by atoms with Crippen LogP contribution in [-0.4, -0.2) is 112 Å². The van der Waals surface area contributed by atoms with Crippen molar-refractivity contribution >= 4 is 23.1 Å². The summed E-state index contributed by atoms with van der Waals surface area (Å²) in [5.74, 6) is 0.00613. The molecule has 1 heterocycles. The zero-order valence-corrected chi connectivity index (χ0v) is 31.8. The van der Waals surface area contributed by atoms with Crippen molar-refractivity contribution in [1.29, 1.82) is 0 Å². The Balaban J connectivity index is 1.31. The van der Waals surface area contributed by atoms with E-state index in [2.05, 4.69) is 0 Å². The molecule has 12 heteroatoms. The van der Waals surface area contributed by atoms with E-state index in [0.29, 0.717) is 90.4 Å². The first-order chi connectivity index (χ1) is 25.1. The molecule has 0 bridgehead atoms. The molecule has 52 heavy (non-hydrogen) atoms. The highest BCUT2D eigenvalue weighted by Gasteiger charge is 2.42. The van der Waals surface area contributed by atoms with Crippen molar-refractivity contribution in [3.05, 3.63) is 0 Å². The van der Waals surface area contributed by atoms with E-state index >= 15 is 0 Å². The van der Waals surface area contributed by atoms with E-state index in [9.17, 15) is 44.7 Å². The largest absolute Gasteiger partial charge is 0.396 e. The van der Waals surface area contributed by atoms with Crippen LogP contribution in [0.3, 0.4) is 0 Å². The van der Waals surface area contributed by atoms with Crippen LogP contribution in [0.5, 0.6) is 0 Å². The number of aliphatic hydroxyl groups is 5. The zero-order valence-electron chi connectivity index (χ0n) is 31.8. The van der Waals surface area contributed by atoms with Crippen molar-refractivity contribution in [1.82, 2.24) is 0 Å². The number of ketones is 4. The molecule has 302 valence electrons. The molecule has 0 radical (unpaired) electrons. The van der Waals surface area contributed by atoms with Crippen LogP contribution < -0.4 is 0 Å². The fourth-order valence-corrected chi connectivity index (χ4v) is 7.26. The Kier molecular flexibility index (Phi) is 24.9. The fraction of sp³-hybridized carbons (Fsp3) is 0.900. The minimum atomic E-state index is -1.15. The first kappa shape index (κ1) is 46.5. The monoisotopic (exact) mass is 742 g/mol. The smallest absolute Gasteiger partial charge is 0.163 e. The lowest BCUT2D eigenvalue weighted by Crippen LogP contribution is -2.55. The molecule has 6 unspecified atom stereocenters. The summed E-state index contributed by atoms with van der Waals surface area (Å²) in [6, 6.07) is 0. The molecule has 2 aliphatic rings. The summed E-state index contributed by atoms with van der Waals surface area (Å²) in [6.45, 7) is 2.30. The molecular weight excluding hydrogens is 672 g/mol. The van der Waals surface area contributed by atoms with Crippen molar-refractivity contribution in [2.24, 2.45) is 17.8 Å². The van der Waals surface area contributed by atoms with Crippen LogP contribution in [-0.2, 0) is 33.4 Å². The summed E-state index contributed by atoms with van der Waals surface area (Å²) < 4.78 is 16.7. The van der Waals surface area contributed by atoms with Gasteiger partial charge < -0.3 is 39.7 Å². The average Bonchev–Trinajstić information content (AvgIpc) is 3.52. The van der Waals surface area contributed by atoms with Gasteiger partial charge in [-0.3, -0.25) is 19.2 Å². The number of ether oxygens (including phenoxy) is 3. The third kappa shape index (κ3) is 19.1. The average molecular weight is 743 g/mol. The lowest BCUT2D eigenvalue weighted by Gasteiger charge is -2.40. The molecule has 2 fully saturated rings. The Morgan fingerprint density at radius 3 is 1.60 bits per heavy atom. The topological polar surface area (TPSA) is 197 Å². The molecule has 0 aromatic carbocycles. The lowest BCUT2D eigenvalue weighted by molar-refractivity contribution is -0.282. The summed E-state index contributed by atoms with van der Waals surface area (Å²) in [5, 5.41) is 48.5. The second kappa shape index (κ2) is 27.9. The predicted molar refractivity (Wildman–Crippen MR) is 195 cm³/mol. The van der Waals surface area contributed by atoms with Crippen LogP contribution in [0.1, 0.15) is 148 Å². The Labute approximate surface area is 311 Å². The van der Waals surface area contributed by atoms with Crippen molar-refractivity contribution in [2.75, 3.05) is 33.0 Å². The number of hydrogen-bond acceptors (Lipinski definition) is 12. The van der Waals surface area contributed by atoms with E-state index in [1.807, 2.05) is 0 Å². The Morgan fingerprint density at radius 1 is 0.577 bits per heavy atom. The molecule has 5 N–H and O–H groups in total. The van der Waals surface area contributed by atoms with Gasteiger partial charge in [-0.25, -0.2) is 0 Å². The molecule has 0 aromatic rings. The molecule has 0 aromatic heterocycles. The van der Waals surface area contributed by atoms with Crippen LogP contribution in [0, 0.1) is 17.8 Å². The van der Waals surface area contributed by atoms with Gasteiger partial charge in [0.05, 0.1) is 32.0 Å². The van der Waals surface area contributed by atoms with E-state index in [0.717, 1.165) is 70.6 Å². The van der Waals surface area contributed by atoms with E-state index < -0.39 is 43.2 Å². The van der Waals surface area contributed by atoms with E-state index in [4.69, 9.17) is 14.2 Å². The zero-order chi connectivity index (χ0) is 38.1. The highest BCUT2D eigenvalue weighted by Crippen LogP contribution is 2.33. The third-order valence-electron chi connectivity index (χ3n) is 10.7. The lowest BCUT2D eigenvalue weighted by atomic mass is 9.90. The Hall–Kier alpha value is -1.64. The van der Waals surface area contributed by atoms with Gasteiger partial charge >= 0.3 is 0 Å². The quantitative estimate of drug-likeness (QED) is 0.0604. The number of unbranched alkanes of at least 4 members (excludes halogenated alkanes) is 10. The summed E-state index contributed by atoms with van der Waals surface area (Å²) in [4.78, 5) is 48.9. The van der Waals surface area contributed by atoms with E-state index in [1.165, 1.54) is 0 Å². The molecular formula is C40H70O12. The Bertz CT molecular complexity index is 1000. The maximum Gasteiger partial charge on any atom is 0.163 e. The minimum Gasteiger partial charge on any atom is -0.396 e. The maximum atomic E-state index is 12.4. The summed E-state index contributed by atoms with van der Waals surface area (Å²) in [5.41, 5.74) is 0. The summed E-state index contributed by atoms with van der Waals surface area (Å²) in [6.07, 6.45) is 11.9. The van der Waals surface area contributed by atoms with E-state index in [-0.39, 0.29) is 41.6 Å². The van der Waals surface area contributed by atoms with Crippen LogP contribution in [0.2, 0.25) is 0 Å². The molecule has 0 amide bonds.